The second kappa shape index (κ2) is 4.18. The number of halogens is 1. The highest BCUT2D eigenvalue weighted by atomic mass is 32.1. The predicted molar refractivity (Wildman–Crippen MR) is 64.6 cm³/mol. The van der Waals surface area contributed by atoms with Crippen LogP contribution in [-0.4, -0.2) is 6.29 Å². The van der Waals surface area contributed by atoms with Gasteiger partial charge < -0.3 is 0 Å². The van der Waals surface area contributed by atoms with Gasteiger partial charge in [-0.2, -0.15) is 0 Å². The van der Waals surface area contributed by atoms with Gasteiger partial charge in [0.1, 0.15) is 5.82 Å². The molecule has 3 heteroatoms. The van der Waals surface area contributed by atoms with E-state index in [4.69, 9.17) is 0 Å². The summed E-state index contributed by atoms with van der Waals surface area (Å²) in [5.74, 6) is -0.249. The quantitative estimate of drug-likeness (QED) is 0.718. The minimum atomic E-state index is -0.249. The third kappa shape index (κ3) is 1.91. The number of hydrogen-bond donors (Lipinski definition) is 0. The van der Waals surface area contributed by atoms with Crippen molar-refractivity contribution in [3.05, 3.63) is 46.1 Å². The fraction of sp³-hybridized carbons (Fsp3) is 0.154. The van der Waals surface area contributed by atoms with Gasteiger partial charge in [-0.05, 0) is 48.7 Å². The number of benzene rings is 1. The average molecular weight is 234 g/mol. The lowest BCUT2D eigenvalue weighted by molar-refractivity contribution is 0.112. The van der Waals surface area contributed by atoms with Crippen LogP contribution in [0.25, 0.3) is 10.4 Å². The molecule has 0 N–H and O–H groups in total. The van der Waals surface area contributed by atoms with E-state index >= 15 is 0 Å². The molecule has 2 aromatic rings. The average Bonchev–Trinajstić information content (AvgIpc) is 2.63. The molecule has 1 aromatic carbocycles. The summed E-state index contributed by atoms with van der Waals surface area (Å²) >= 11 is 1.40. The van der Waals surface area contributed by atoms with Gasteiger partial charge in [0.15, 0.2) is 6.29 Å². The van der Waals surface area contributed by atoms with Crippen molar-refractivity contribution in [3.8, 4) is 10.4 Å². The Morgan fingerprint density at radius 2 is 1.94 bits per heavy atom. The fourth-order valence-electron chi connectivity index (χ4n) is 1.67. The van der Waals surface area contributed by atoms with Gasteiger partial charge in [-0.25, -0.2) is 4.39 Å². The number of aryl methyl sites for hydroxylation is 2. The normalized spacial score (nSPS) is 10.4. The second-order valence-corrected chi connectivity index (χ2v) is 4.82. The zero-order chi connectivity index (χ0) is 11.7. The van der Waals surface area contributed by atoms with Crippen molar-refractivity contribution < 1.29 is 9.18 Å². The van der Waals surface area contributed by atoms with Gasteiger partial charge in [-0.15, -0.1) is 11.3 Å². The van der Waals surface area contributed by atoms with Gasteiger partial charge in [0.25, 0.3) is 0 Å². The molecule has 2 rings (SSSR count). The summed E-state index contributed by atoms with van der Waals surface area (Å²) < 4.78 is 13.2. The van der Waals surface area contributed by atoms with Gasteiger partial charge in [0, 0.05) is 4.88 Å². The second-order valence-electron chi connectivity index (χ2n) is 3.74. The number of carbonyl (C=O) groups excluding carboxylic acids is 1. The van der Waals surface area contributed by atoms with E-state index < -0.39 is 0 Å². The van der Waals surface area contributed by atoms with E-state index in [0.717, 1.165) is 27.9 Å². The van der Waals surface area contributed by atoms with Gasteiger partial charge >= 0.3 is 0 Å². The summed E-state index contributed by atoms with van der Waals surface area (Å²) in [6.45, 7) is 3.87. The van der Waals surface area contributed by atoms with Gasteiger partial charge in [0.2, 0.25) is 0 Å². The molecule has 0 saturated carbocycles. The highest BCUT2D eigenvalue weighted by molar-refractivity contribution is 7.17. The van der Waals surface area contributed by atoms with Crippen LogP contribution in [0.15, 0.2) is 24.3 Å². The molecule has 1 nitrogen and oxygen atoms in total. The maximum atomic E-state index is 13.2. The van der Waals surface area contributed by atoms with Crippen molar-refractivity contribution >= 4 is 17.6 Å². The molecule has 0 aliphatic rings. The van der Waals surface area contributed by atoms with Crippen LogP contribution < -0.4 is 0 Å². The topological polar surface area (TPSA) is 17.1 Å². The monoisotopic (exact) mass is 234 g/mol. The summed E-state index contributed by atoms with van der Waals surface area (Å²) in [6, 6.07) is 6.55. The van der Waals surface area contributed by atoms with Crippen LogP contribution in [0.4, 0.5) is 4.39 Å². The Bertz CT molecular complexity index is 543. The van der Waals surface area contributed by atoms with Crippen molar-refractivity contribution in [2.24, 2.45) is 0 Å². The Balaban J connectivity index is 2.61. The molecule has 0 spiro atoms. The molecule has 16 heavy (non-hydrogen) atoms. The number of hydrogen-bond acceptors (Lipinski definition) is 2. The van der Waals surface area contributed by atoms with Crippen molar-refractivity contribution in [2.75, 3.05) is 0 Å². The molecule has 0 fully saturated rings. The van der Waals surface area contributed by atoms with Crippen molar-refractivity contribution in [1.82, 2.24) is 0 Å². The molecular formula is C13H11FOS. The molecule has 1 aromatic heterocycles. The van der Waals surface area contributed by atoms with Crippen LogP contribution in [0.5, 0.6) is 0 Å². The first-order valence-corrected chi connectivity index (χ1v) is 5.75. The zero-order valence-electron chi connectivity index (χ0n) is 9.08. The summed E-state index contributed by atoms with van der Waals surface area (Å²) in [5.41, 5.74) is 2.90. The van der Waals surface area contributed by atoms with E-state index in [1.165, 1.54) is 23.5 Å². The van der Waals surface area contributed by atoms with Crippen molar-refractivity contribution in [1.29, 1.82) is 0 Å². The summed E-state index contributed by atoms with van der Waals surface area (Å²) in [7, 11) is 0. The largest absolute Gasteiger partial charge is 0.297 e. The van der Waals surface area contributed by atoms with Crippen molar-refractivity contribution in [3.63, 3.8) is 0 Å². The maximum absolute atomic E-state index is 13.2. The summed E-state index contributed by atoms with van der Waals surface area (Å²) in [5, 5.41) is 0. The third-order valence-corrected chi connectivity index (χ3v) is 3.69. The first kappa shape index (κ1) is 11.0. The van der Waals surface area contributed by atoms with Crippen molar-refractivity contribution in [2.45, 2.75) is 13.8 Å². The van der Waals surface area contributed by atoms with Crippen LogP contribution >= 0.6 is 11.3 Å². The Morgan fingerprint density at radius 3 is 2.56 bits per heavy atom. The minimum absolute atomic E-state index is 0.249. The molecule has 1 heterocycles. The Kier molecular flexibility index (Phi) is 2.88. The zero-order valence-corrected chi connectivity index (χ0v) is 9.90. The molecular weight excluding hydrogens is 223 g/mol. The maximum Gasteiger partial charge on any atom is 0.160 e. The van der Waals surface area contributed by atoms with E-state index in [0.29, 0.717) is 4.88 Å². The number of carbonyl (C=O) groups is 1. The van der Waals surface area contributed by atoms with E-state index in [9.17, 15) is 9.18 Å². The fourth-order valence-corrected chi connectivity index (χ4v) is 2.74. The molecule has 0 unspecified atom stereocenters. The Labute approximate surface area is 97.6 Å². The molecule has 0 saturated heterocycles. The highest BCUT2D eigenvalue weighted by Crippen LogP contribution is 2.34. The summed E-state index contributed by atoms with van der Waals surface area (Å²) in [6.07, 6.45) is 0.829. The lowest BCUT2D eigenvalue weighted by Gasteiger charge is -2.04. The van der Waals surface area contributed by atoms with E-state index in [2.05, 4.69) is 0 Å². The van der Waals surface area contributed by atoms with Crippen LogP contribution in [0.3, 0.4) is 0 Å². The Hall–Kier alpha value is -1.48. The van der Waals surface area contributed by atoms with Crippen LogP contribution in [0.1, 0.15) is 20.8 Å². The van der Waals surface area contributed by atoms with Gasteiger partial charge in [0.05, 0.1) is 4.88 Å². The molecule has 82 valence electrons. The van der Waals surface area contributed by atoms with Crippen LogP contribution in [-0.2, 0) is 0 Å². The first-order chi connectivity index (χ1) is 7.61. The number of thiophene rings is 1. The minimum Gasteiger partial charge on any atom is -0.297 e. The molecule has 0 atom stereocenters. The Morgan fingerprint density at radius 1 is 1.19 bits per heavy atom. The van der Waals surface area contributed by atoms with Crippen LogP contribution in [0.2, 0.25) is 0 Å². The number of aldehydes is 1. The van der Waals surface area contributed by atoms with Crippen LogP contribution in [0, 0.1) is 19.7 Å². The van der Waals surface area contributed by atoms with E-state index in [1.54, 1.807) is 6.07 Å². The molecule has 0 radical (unpaired) electrons. The third-order valence-electron chi connectivity index (χ3n) is 2.50. The lowest BCUT2D eigenvalue weighted by Crippen LogP contribution is -1.84. The smallest absolute Gasteiger partial charge is 0.160 e. The van der Waals surface area contributed by atoms with Gasteiger partial charge in [-0.1, -0.05) is 6.07 Å². The lowest BCUT2D eigenvalue weighted by atomic mass is 10.0. The first-order valence-electron chi connectivity index (χ1n) is 4.94. The standard InChI is InChI=1S/C13H11FOS/c1-8-3-4-10(14)6-12(8)13-9(2)5-11(7-15)16-13/h3-7H,1-2H3. The molecule has 0 aliphatic carbocycles. The van der Waals surface area contributed by atoms with E-state index in [1.807, 2.05) is 19.9 Å². The van der Waals surface area contributed by atoms with E-state index in [-0.39, 0.29) is 5.82 Å². The predicted octanol–water partition coefficient (Wildman–Crippen LogP) is 3.98. The number of rotatable bonds is 2. The summed E-state index contributed by atoms with van der Waals surface area (Å²) in [4.78, 5) is 12.3. The SMILES string of the molecule is Cc1ccc(F)cc1-c1sc(C=O)cc1C. The van der Waals surface area contributed by atoms with Gasteiger partial charge in [-0.3, -0.25) is 4.79 Å². The molecule has 0 amide bonds. The molecule has 0 aliphatic heterocycles. The molecule has 0 bridgehead atoms. The highest BCUT2D eigenvalue weighted by Gasteiger charge is 2.10.